The molecule has 2 rings (SSSR count). The Labute approximate surface area is 117 Å². The molecule has 110 valence electrons. The van der Waals surface area contributed by atoms with Crippen LogP contribution in [0.5, 0.6) is 0 Å². The molecule has 2 saturated carbocycles. The predicted octanol–water partition coefficient (Wildman–Crippen LogP) is 3.16. The molecule has 2 aliphatic rings. The van der Waals surface area contributed by atoms with E-state index in [0.717, 1.165) is 51.4 Å². The molecule has 3 heteroatoms. The minimum absolute atomic E-state index is 0.157. The maximum absolute atomic E-state index is 12.4. The molecule has 0 saturated heterocycles. The summed E-state index contributed by atoms with van der Waals surface area (Å²) in [6, 6.07) is 0. The van der Waals surface area contributed by atoms with Crippen molar-refractivity contribution in [1.29, 1.82) is 0 Å². The molecule has 0 aromatic heterocycles. The maximum Gasteiger partial charge on any atom is 0.226 e. The number of hydrogen-bond donors (Lipinski definition) is 2. The van der Waals surface area contributed by atoms with Crippen molar-refractivity contribution in [2.24, 2.45) is 5.41 Å². The van der Waals surface area contributed by atoms with E-state index in [1.54, 1.807) is 0 Å². The zero-order chi connectivity index (χ0) is 13.8. The molecular formula is C16H29NO2. The van der Waals surface area contributed by atoms with Gasteiger partial charge in [-0.1, -0.05) is 51.9 Å². The summed E-state index contributed by atoms with van der Waals surface area (Å²) in [6.07, 6.45) is 11.9. The molecule has 0 bridgehead atoms. The molecule has 0 atom stereocenters. The molecular weight excluding hydrogens is 238 g/mol. The molecule has 19 heavy (non-hydrogen) atoms. The standard InChI is InChI=1S/C16H29NO2/c1-15(9-5-4-6-10-15)14(18)17-13-16(19)11-7-2-3-8-12-16/h19H,2-13H2,1H3,(H,17,18). The number of hydrogen-bond acceptors (Lipinski definition) is 2. The fraction of sp³-hybridized carbons (Fsp3) is 0.938. The summed E-state index contributed by atoms with van der Waals surface area (Å²) < 4.78 is 0. The zero-order valence-electron chi connectivity index (χ0n) is 12.3. The molecule has 2 fully saturated rings. The molecule has 3 nitrogen and oxygen atoms in total. The molecule has 0 radical (unpaired) electrons. The lowest BCUT2D eigenvalue weighted by atomic mass is 9.75. The summed E-state index contributed by atoms with van der Waals surface area (Å²) >= 11 is 0. The van der Waals surface area contributed by atoms with Crippen LogP contribution in [0.4, 0.5) is 0 Å². The van der Waals surface area contributed by atoms with Crippen LogP contribution in [0.3, 0.4) is 0 Å². The van der Waals surface area contributed by atoms with Crippen LogP contribution in [0.25, 0.3) is 0 Å². The summed E-state index contributed by atoms with van der Waals surface area (Å²) in [7, 11) is 0. The lowest BCUT2D eigenvalue weighted by molar-refractivity contribution is -0.133. The number of carbonyl (C=O) groups excluding carboxylic acids is 1. The van der Waals surface area contributed by atoms with E-state index in [1.807, 2.05) is 0 Å². The first kappa shape index (κ1) is 14.8. The quantitative estimate of drug-likeness (QED) is 0.772. The minimum atomic E-state index is -0.656. The highest BCUT2D eigenvalue weighted by Gasteiger charge is 2.36. The number of rotatable bonds is 3. The second kappa shape index (κ2) is 6.25. The molecule has 0 unspecified atom stereocenters. The van der Waals surface area contributed by atoms with Crippen molar-refractivity contribution in [3.05, 3.63) is 0 Å². The molecule has 0 heterocycles. The number of amides is 1. The monoisotopic (exact) mass is 267 g/mol. The molecule has 1 amide bonds. The Morgan fingerprint density at radius 3 is 2.00 bits per heavy atom. The van der Waals surface area contributed by atoms with Gasteiger partial charge in [-0.25, -0.2) is 0 Å². The Kier molecular flexibility index (Phi) is 4.88. The Bertz CT molecular complexity index is 300. The van der Waals surface area contributed by atoms with Crippen LogP contribution in [0, 0.1) is 5.41 Å². The van der Waals surface area contributed by atoms with E-state index < -0.39 is 5.60 Å². The first-order valence-electron chi connectivity index (χ1n) is 8.05. The predicted molar refractivity (Wildman–Crippen MR) is 76.9 cm³/mol. The van der Waals surface area contributed by atoms with Crippen molar-refractivity contribution in [2.75, 3.05) is 6.54 Å². The molecule has 0 aliphatic heterocycles. The van der Waals surface area contributed by atoms with E-state index in [1.165, 1.54) is 19.3 Å². The first-order chi connectivity index (χ1) is 9.04. The van der Waals surface area contributed by atoms with Gasteiger partial charge in [0, 0.05) is 12.0 Å². The zero-order valence-corrected chi connectivity index (χ0v) is 12.3. The van der Waals surface area contributed by atoms with Gasteiger partial charge in [-0.3, -0.25) is 4.79 Å². The minimum Gasteiger partial charge on any atom is -0.388 e. The van der Waals surface area contributed by atoms with Gasteiger partial charge >= 0.3 is 0 Å². The van der Waals surface area contributed by atoms with Crippen LogP contribution in [0.15, 0.2) is 0 Å². The molecule has 0 aromatic rings. The van der Waals surface area contributed by atoms with E-state index in [0.29, 0.717) is 6.54 Å². The van der Waals surface area contributed by atoms with Crippen molar-refractivity contribution in [1.82, 2.24) is 5.32 Å². The number of carbonyl (C=O) groups is 1. The molecule has 0 aromatic carbocycles. The second-order valence-corrected chi connectivity index (χ2v) is 6.94. The third kappa shape index (κ3) is 3.95. The van der Waals surface area contributed by atoms with E-state index in [9.17, 15) is 9.90 Å². The van der Waals surface area contributed by atoms with Gasteiger partial charge < -0.3 is 10.4 Å². The molecule has 0 spiro atoms. The number of aliphatic hydroxyl groups is 1. The highest BCUT2D eigenvalue weighted by molar-refractivity contribution is 5.82. The van der Waals surface area contributed by atoms with Gasteiger partial charge in [0.15, 0.2) is 0 Å². The smallest absolute Gasteiger partial charge is 0.226 e. The van der Waals surface area contributed by atoms with Crippen molar-refractivity contribution < 1.29 is 9.90 Å². The van der Waals surface area contributed by atoms with E-state index in [2.05, 4.69) is 12.2 Å². The third-order valence-corrected chi connectivity index (χ3v) is 5.12. The Morgan fingerprint density at radius 2 is 1.42 bits per heavy atom. The lowest BCUT2D eigenvalue weighted by Crippen LogP contribution is -2.48. The Hall–Kier alpha value is -0.570. The first-order valence-corrected chi connectivity index (χ1v) is 8.05. The van der Waals surface area contributed by atoms with Gasteiger partial charge in [-0.05, 0) is 25.7 Å². The maximum atomic E-state index is 12.4. The fourth-order valence-corrected chi connectivity index (χ4v) is 3.58. The van der Waals surface area contributed by atoms with Crippen molar-refractivity contribution in [3.8, 4) is 0 Å². The largest absolute Gasteiger partial charge is 0.388 e. The summed E-state index contributed by atoms with van der Waals surface area (Å²) in [5, 5.41) is 13.6. The van der Waals surface area contributed by atoms with E-state index >= 15 is 0 Å². The highest BCUT2D eigenvalue weighted by Crippen LogP contribution is 2.36. The van der Waals surface area contributed by atoms with Crippen LogP contribution >= 0.6 is 0 Å². The second-order valence-electron chi connectivity index (χ2n) is 6.94. The average Bonchev–Trinajstić information content (AvgIpc) is 2.62. The summed E-state index contributed by atoms with van der Waals surface area (Å²) in [4.78, 5) is 12.4. The van der Waals surface area contributed by atoms with Gasteiger partial charge in [0.1, 0.15) is 0 Å². The fourth-order valence-electron chi connectivity index (χ4n) is 3.58. The van der Waals surface area contributed by atoms with Gasteiger partial charge in [0.05, 0.1) is 5.60 Å². The molecule has 2 aliphatic carbocycles. The van der Waals surface area contributed by atoms with Crippen molar-refractivity contribution in [2.45, 2.75) is 83.2 Å². The van der Waals surface area contributed by atoms with Crippen LogP contribution in [-0.4, -0.2) is 23.2 Å². The topological polar surface area (TPSA) is 49.3 Å². The third-order valence-electron chi connectivity index (χ3n) is 5.12. The van der Waals surface area contributed by atoms with Crippen LogP contribution in [0.2, 0.25) is 0 Å². The van der Waals surface area contributed by atoms with E-state index in [4.69, 9.17) is 0 Å². The molecule has 2 N–H and O–H groups in total. The lowest BCUT2D eigenvalue weighted by Gasteiger charge is -2.34. The Balaban J connectivity index is 1.84. The normalized spacial score (nSPS) is 26.4. The summed E-state index contributed by atoms with van der Waals surface area (Å²) in [5.74, 6) is 0.157. The van der Waals surface area contributed by atoms with Crippen molar-refractivity contribution >= 4 is 5.91 Å². The number of nitrogens with one attached hydrogen (secondary N) is 1. The van der Waals surface area contributed by atoms with Crippen LogP contribution < -0.4 is 5.32 Å². The summed E-state index contributed by atoms with van der Waals surface area (Å²) in [6.45, 7) is 2.53. The van der Waals surface area contributed by atoms with Crippen LogP contribution in [0.1, 0.15) is 77.6 Å². The average molecular weight is 267 g/mol. The van der Waals surface area contributed by atoms with Crippen LogP contribution in [-0.2, 0) is 4.79 Å². The van der Waals surface area contributed by atoms with Gasteiger partial charge in [-0.15, -0.1) is 0 Å². The SMILES string of the molecule is CC1(C(=O)NCC2(O)CCCCCC2)CCCCC1. The van der Waals surface area contributed by atoms with Gasteiger partial charge in [-0.2, -0.15) is 0 Å². The van der Waals surface area contributed by atoms with Gasteiger partial charge in [0.25, 0.3) is 0 Å². The van der Waals surface area contributed by atoms with Gasteiger partial charge in [0.2, 0.25) is 5.91 Å². The highest BCUT2D eigenvalue weighted by atomic mass is 16.3. The summed E-state index contributed by atoms with van der Waals surface area (Å²) in [5.41, 5.74) is -0.851. The Morgan fingerprint density at radius 1 is 0.947 bits per heavy atom. The van der Waals surface area contributed by atoms with E-state index in [-0.39, 0.29) is 11.3 Å². The van der Waals surface area contributed by atoms with Crippen molar-refractivity contribution in [3.63, 3.8) is 0 Å².